The zero-order chi connectivity index (χ0) is 76.4. The number of aromatic nitrogens is 16. The number of aldehydes is 1. The first-order valence-corrected chi connectivity index (χ1v) is 36.7. The number of fused-ring (bicyclic) bond motifs is 12. The van der Waals surface area contributed by atoms with E-state index < -0.39 is 26.5 Å². The fourth-order valence-electron chi connectivity index (χ4n) is 12.1. The predicted molar refractivity (Wildman–Crippen MR) is 428 cm³/mol. The van der Waals surface area contributed by atoms with Gasteiger partial charge in [-0.15, -0.1) is 45.3 Å². The molecule has 1 unspecified atom stereocenters. The summed E-state index contributed by atoms with van der Waals surface area (Å²) < 4.78 is 53.8. The molecule has 16 aromatic rings. The molecule has 12 aromatic heterocycles. The molecule has 0 saturated heterocycles. The van der Waals surface area contributed by atoms with Gasteiger partial charge in [0.25, 0.3) is 22.2 Å². The summed E-state index contributed by atoms with van der Waals surface area (Å²) in [5, 5.41) is 42.3. The predicted octanol–water partition coefficient (Wildman–Crippen LogP) is 3.81. The molecule has 30 nitrogen and oxygen atoms in total. The van der Waals surface area contributed by atoms with E-state index >= 15 is 0 Å². The molecule has 2 N–H and O–H groups in total. The fraction of sp³-hybridized carbons (Fsp3) is 0.243. The Hall–Kier alpha value is -9.19. The Balaban J connectivity index is 0.000000228. The number of hydrogen-bond acceptors (Lipinski definition) is 26. The summed E-state index contributed by atoms with van der Waals surface area (Å²) in [5.74, 6) is 2.86. The Morgan fingerprint density at radius 1 is 0.496 bits per heavy atom. The SMILES string of the molecule is COc1cccc(Cn2ncc3c4sc(C(C)(C)O)nc4n(C)c3c2=O)c1.COc1cccc(Cn2ncc3c4sc(C(C)=O)nc4n(C)c3c2=O)c1.COc1cccc(Cn2ncc3c4sc(C(C)O)nc4n(C)c3c2=O)c1.COc1cccc(Cn2ncc3c4sc(C=O)nc4n(C)c3c2=O)c1.[CH3-].[CH3-].[Cl-].[Cl-].[Mg+2].[Mg+2].[O]=[Mn]=[O]. The second-order valence-electron chi connectivity index (χ2n) is 24.8. The third-order valence-corrected chi connectivity index (χ3v) is 22.1. The summed E-state index contributed by atoms with van der Waals surface area (Å²) >= 11 is 3.91. The van der Waals surface area contributed by atoms with Gasteiger partial charge in [0, 0.05) is 56.7 Å². The molecule has 12 heterocycles. The van der Waals surface area contributed by atoms with Crippen molar-refractivity contribution in [3.63, 3.8) is 0 Å². The minimum absolute atomic E-state index is 0. The van der Waals surface area contributed by atoms with Crippen molar-refractivity contribution in [2.45, 2.75) is 65.6 Å². The molecule has 0 radical (unpaired) electrons. The zero-order valence-electron chi connectivity index (χ0n) is 63.7. The molecule has 0 aliphatic carbocycles. The van der Waals surface area contributed by atoms with E-state index in [9.17, 15) is 39.0 Å². The van der Waals surface area contributed by atoms with Crippen LogP contribution < -0.4 is 66.0 Å². The number of halogens is 2. The number of aliphatic hydroxyl groups is 2. The van der Waals surface area contributed by atoms with Crippen molar-refractivity contribution in [3.8, 4) is 23.0 Å². The number of hydrogen-bond donors (Lipinski definition) is 2. The van der Waals surface area contributed by atoms with Crippen LogP contribution in [0.5, 0.6) is 23.0 Å². The van der Waals surface area contributed by atoms with E-state index in [-0.39, 0.29) is 114 Å². The molecule has 0 amide bonds. The van der Waals surface area contributed by atoms with Gasteiger partial charge in [-0.3, -0.25) is 28.8 Å². The van der Waals surface area contributed by atoms with Crippen molar-refractivity contribution >= 4 is 189 Å². The van der Waals surface area contributed by atoms with Gasteiger partial charge in [0.05, 0.1) is 98.2 Å². The van der Waals surface area contributed by atoms with Crippen LogP contribution in [-0.4, -0.2) is 174 Å². The van der Waals surface area contributed by atoms with Gasteiger partial charge < -0.3 is 87.1 Å². The van der Waals surface area contributed by atoms with E-state index in [1.807, 2.05) is 111 Å². The molecule has 39 heteroatoms. The molecule has 113 heavy (non-hydrogen) atoms. The summed E-state index contributed by atoms with van der Waals surface area (Å²) in [5.41, 5.74) is 6.78. The van der Waals surface area contributed by atoms with Crippen molar-refractivity contribution in [1.29, 1.82) is 0 Å². The quantitative estimate of drug-likeness (QED) is 0.0601. The van der Waals surface area contributed by atoms with Gasteiger partial charge >= 0.3 is 68.6 Å². The first kappa shape index (κ1) is 92.7. The van der Waals surface area contributed by atoms with E-state index in [4.69, 9.17) is 26.6 Å². The Morgan fingerprint density at radius 2 is 0.788 bits per heavy atom. The Labute approximate surface area is 711 Å². The monoisotopic (exact) mass is 1710 g/mol. The molecule has 16 rings (SSSR count). The van der Waals surface area contributed by atoms with Gasteiger partial charge in [-0.1, -0.05) is 48.5 Å². The number of aryl methyl sites for hydroxylation is 4. The van der Waals surface area contributed by atoms with Crippen LogP contribution in [0, 0.1) is 14.9 Å². The van der Waals surface area contributed by atoms with Crippen LogP contribution in [0.1, 0.15) is 85.7 Å². The number of methoxy groups -OCH3 is 4. The molecule has 0 saturated carbocycles. The average molecular weight is 1710 g/mol. The van der Waals surface area contributed by atoms with Gasteiger partial charge in [0.15, 0.2) is 44.7 Å². The Morgan fingerprint density at radius 3 is 1.09 bits per heavy atom. The van der Waals surface area contributed by atoms with Crippen LogP contribution >= 0.6 is 45.3 Å². The molecule has 0 fully saturated rings. The molecule has 4 aromatic carbocycles. The van der Waals surface area contributed by atoms with Crippen LogP contribution in [0.3, 0.4) is 0 Å². The molecule has 1 atom stereocenters. The number of benzene rings is 4. The molecule has 0 spiro atoms. The summed E-state index contributed by atoms with van der Waals surface area (Å²) in [4.78, 5) is 92.0. The fourth-order valence-corrected chi connectivity index (χ4v) is 16.1. The average Bonchev–Trinajstić information content (AvgIpc) is 1.57. The first-order chi connectivity index (χ1) is 51.3. The number of aliphatic hydroxyl groups excluding tert-OH is 1. The minimum atomic E-state index is -1.44. The normalized spacial score (nSPS) is 11.1. The summed E-state index contributed by atoms with van der Waals surface area (Å²) in [7, 11) is 13.6. The van der Waals surface area contributed by atoms with Crippen molar-refractivity contribution in [2.75, 3.05) is 28.4 Å². The van der Waals surface area contributed by atoms with Crippen LogP contribution in [-0.2, 0) is 82.5 Å². The molecule has 0 aliphatic rings. The molecular formula is C74H74Cl2Mg2MnN16O14S4. The van der Waals surface area contributed by atoms with E-state index in [2.05, 4.69) is 40.3 Å². The Bertz CT molecular complexity index is 6440. The number of carbonyl (C=O) groups is 2. The van der Waals surface area contributed by atoms with Gasteiger partial charge in [0.1, 0.15) is 66.8 Å². The number of ketones is 1. The topological polar surface area (TPSA) is 356 Å². The summed E-state index contributed by atoms with van der Waals surface area (Å²) in [6, 6.07) is 30.2. The third-order valence-electron chi connectivity index (χ3n) is 17.3. The summed E-state index contributed by atoms with van der Waals surface area (Å²) in [6.07, 6.45) is 6.81. The van der Waals surface area contributed by atoms with Crippen LogP contribution in [0.2, 0.25) is 0 Å². The number of rotatable bonds is 16. The number of carbonyl (C=O) groups excluding carboxylic acids is 2. The second kappa shape index (κ2) is 39.2. The van der Waals surface area contributed by atoms with Crippen molar-refractivity contribution in [1.82, 2.24) is 77.3 Å². The molecule has 583 valence electrons. The van der Waals surface area contributed by atoms with Gasteiger partial charge in [-0.05, 0) is 91.6 Å². The van der Waals surface area contributed by atoms with Gasteiger partial charge in [-0.2, -0.15) is 20.4 Å². The van der Waals surface area contributed by atoms with E-state index in [1.165, 1.54) is 71.0 Å². The van der Waals surface area contributed by atoms with Crippen LogP contribution in [0.25, 0.3) is 85.0 Å². The van der Waals surface area contributed by atoms with Gasteiger partial charge in [0.2, 0.25) is 0 Å². The zero-order valence-corrected chi connectivity index (χ0v) is 72.4. The standard InChI is InChI=1S/C19H20N4O3S.C18H18N4O3S.C18H16N4O3S.C17H14N4O3S.2CH3.2ClH.2Mg.Mn.2O/c1-19(2,25)18-21-16-15(27-18)13-9-20-23(17(24)14(13)22(16)3)10-11-6-5-7-12(8-11)26-4;2*1-10(23)17-20-16-15(26-17)13-8-19-22(18(24)14(13)21(16)2)9-11-5-4-6-12(7-11)25-3;1-20-14-12(15-16(20)19-13(9-22)25-15)7-18-21(17(14)23)8-10-4-3-5-11(6-10)24-2;;;;;;;;;/h5-9,25H,10H2,1-4H3;4-8,10,23H,9H2,1-3H3;4-8H,9H2,1-3H3;3-7,9H,8H2,1-2H3;2*1H3;2*1H;;;;;/q;;;;2*-1;;;2*+2;;;/p-2. The van der Waals surface area contributed by atoms with Gasteiger partial charge in [-0.25, -0.2) is 38.7 Å². The number of Topliss-reactive ketones (excluding diaryl/α,β-unsaturated/α-hetero) is 1. The third kappa shape index (κ3) is 19.0. The number of ether oxygens (including phenoxy) is 4. The van der Waals surface area contributed by atoms with E-state index in [0.717, 1.165) is 85.6 Å². The molecular weight excluding hydrogens is 1640 g/mol. The number of thiazole rings is 4. The number of nitrogens with zero attached hydrogens (tertiary/aromatic N) is 16. The van der Waals surface area contributed by atoms with Crippen molar-refractivity contribution in [2.24, 2.45) is 28.2 Å². The van der Waals surface area contributed by atoms with Crippen molar-refractivity contribution in [3.05, 3.63) is 220 Å². The second-order valence-corrected chi connectivity index (χ2v) is 29.1. The maximum absolute atomic E-state index is 13.0. The first-order valence-electron chi connectivity index (χ1n) is 32.5. The molecule has 0 bridgehead atoms. The molecule has 0 aliphatic heterocycles. The van der Waals surface area contributed by atoms with E-state index in [1.54, 1.807) is 106 Å². The van der Waals surface area contributed by atoms with E-state index in [0.29, 0.717) is 97.2 Å². The van der Waals surface area contributed by atoms with Crippen LogP contribution in [0.15, 0.2) is 141 Å². The summed E-state index contributed by atoms with van der Waals surface area (Å²) in [6.45, 7) is 7.97. The maximum atomic E-state index is 13.0. The Kier molecular flexibility index (Phi) is 32.2. The van der Waals surface area contributed by atoms with Crippen molar-refractivity contribution < 1.29 is 86.1 Å². The van der Waals surface area contributed by atoms with Crippen LogP contribution in [0.4, 0.5) is 0 Å².